The smallest absolute Gasteiger partial charge is 0.268 e. The molecule has 0 radical (unpaired) electrons. The summed E-state index contributed by atoms with van der Waals surface area (Å²) < 4.78 is 0.224. The fraction of sp³-hybridized carbons (Fsp3) is 0. The van der Waals surface area contributed by atoms with Crippen molar-refractivity contribution < 1.29 is 9.59 Å². The summed E-state index contributed by atoms with van der Waals surface area (Å²) in [5.74, 6) is -0.843. The molecule has 0 aromatic heterocycles. The molecule has 2 aromatic rings. The molecule has 3 rings (SSSR count). The predicted octanol–water partition coefficient (Wildman–Crippen LogP) is 4.38. The first kappa shape index (κ1) is 15.9. The van der Waals surface area contributed by atoms with Gasteiger partial charge in [-0.3, -0.25) is 9.59 Å². The second kappa shape index (κ2) is 6.66. The Morgan fingerprint density at radius 1 is 1.09 bits per heavy atom. The zero-order valence-electron chi connectivity index (χ0n) is 11.7. The second-order valence-electron chi connectivity index (χ2n) is 4.71. The summed E-state index contributed by atoms with van der Waals surface area (Å²) in [6, 6.07) is 15.8. The molecular formula is C17H10ClNO2S2. The molecule has 1 aliphatic rings. The van der Waals surface area contributed by atoms with Gasteiger partial charge in [-0.2, -0.15) is 0 Å². The normalized spacial score (nSPS) is 16.2. The Balaban J connectivity index is 1.92. The number of thiocarbonyl (C=S) groups is 1. The number of thioether (sulfide) groups is 1. The highest BCUT2D eigenvalue weighted by molar-refractivity contribution is 8.26. The van der Waals surface area contributed by atoms with Gasteiger partial charge in [-0.05, 0) is 29.8 Å². The quantitative estimate of drug-likeness (QED) is 0.453. The Labute approximate surface area is 147 Å². The number of carbonyl (C=O) groups excluding carboxylic acids is 2. The van der Waals surface area contributed by atoms with Crippen LogP contribution in [0.5, 0.6) is 0 Å². The first-order valence-electron chi connectivity index (χ1n) is 6.70. The number of hydrogen-bond donors (Lipinski definition) is 0. The molecule has 1 fully saturated rings. The van der Waals surface area contributed by atoms with Gasteiger partial charge in [0, 0.05) is 10.6 Å². The summed E-state index contributed by atoms with van der Waals surface area (Å²) in [5, 5.41) is 0.534. The van der Waals surface area contributed by atoms with Crippen LogP contribution >= 0.6 is 35.6 Å². The Hall–Kier alpha value is -1.95. The van der Waals surface area contributed by atoms with Crippen LogP contribution in [-0.2, 0) is 4.79 Å². The first-order chi connectivity index (χ1) is 11.1. The van der Waals surface area contributed by atoms with Crippen LogP contribution < -0.4 is 0 Å². The predicted molar refractivity (Wildman–Crippen MR) is 97.2 cm³/mol. The summed E-state index contributed by atoms with van der Waals surface area (Å²) in [5.41, 5.74) is 1.13. The lowest BCUT2D eigenvalue weighted by Crippen LogP contribution is -2.34. The number of benzene rings is 2. The molecule has 1 saturated heterocycles. The van der Waals surface area contributed by atoms with Gasteiger partial charge in [0.1, 0.15) is 0 Å². The average Bonchev–Trinajstić information content (AvgIpc) is 2.84. The fourth-order valence-electron chi connectivity index (χ4n) is 2.09. The highest BCUT2D eigenvalue weighted by Gasteiger charge is 2.37. The van der Waals surface area contributed by atoms with Crippen molar-refractivity contribution in [1.29, 1.82) is 0 Å². The highest BCUT2D eigenvalue weighted by atomic mass is 35.5. The van der Waals surface area contributed by atoms with E-state index in [2.05, 4.69) is 0 Å². The standard InChI is InChI=1S/C17H10ClNO2S2/c18-13-9-5-4-8-12(13)10-14-16(21)19(17(22)23-14)15(20)11-6-2-1-3-7-11/h1-10H/b14-10+. The van der Waals surface area contributed by atoms with Gasteiger partial charge >= 0.3 is 0 Å². The maximum Gasteiger partial charge on any atom is 0.273 e. The summed E-state index contributed by atoms with van der Waals surface area (Å²) >= 11 is 12.4. The van der Waals surface area contributed by atoms with E-state index in [1.807, 2.05) is 12.1 Å². The van der Waals surface area contributed by atoms with Gasteiger partial charge in [-0.25, -0.2) is 4.90 Å². The highest BCUT2D eigenvalue weighted by Crippen LogP contribution is 2.34. The number of amides is 2. The molecule has 2 amide bonds. The average molecular weight is 360 g/mol. The Bertz CT molecular complexity index is 833. The lowest BCUT2D eigenvalue weighted by Gasteiger charge is -2.12. The molecular weight excluding hydrogens is 350 g/mol. The molecule has 2 aromatic carbocycles. The fourth-order valence-corrected chi connectivity index (χ4v) is 3.52. The second-order valence-corrected chi connectivity index (χ2v) is 6.79. The van der Waals surface area contributed by atoms with E-state index >= 15 is 0 Å². The first-order valence-corrected chi connectivity index (χ1v) is 8.30. The Kier molecular flexibility index (Phi) is 4.61. The van der Waals surface area contributed by atoms with Crippen molar-refractivity contribution >= 4 is 57.8 Å². The Morgan fingerprint density at radius 2 is 1.74 bits per heavy atom. The van der Waals surface area contributed by atoms with Crippen LogP contribution in [-0.4, -0.2) is 21.0 Å². The van der Waals surface area contributed by atoms with Crippen LogP contribution in [0.25, 0.3) is 6.08 Å². The third-order valence-corrected chi connectivity index (χ3v) is 4.86. The maximum atomic E-state index is 12.5. The van der Waals surface area contributed by atoms with Crippen LogP contribution in [0, 0.1) is 0 Å². The van der Waals surface area contributed by atoms with Crippen LogP contribution in [0.15, 0.2) is 59.5 Å². The summed E-state index contributed by atoms with van der Waals surface area (Å²) in [7, 11) is 0. The SMILES string of the molecule is O=C1/C(=C\c2ccccc2Cl)SC(=S)N1C(=O)c1ccccc1. The molecule has 0 N–H and O–H groups in total. The molecule has 0 aliphatic carbocycles. The molecule has 0 spiro atoms. The van der Waals surface area contributed by atoms with E-state index in [0.29, 0.717) is 21.1 Å². The Morgan fingerprint density at radius 3 is 2.43 bits per heavy atom. The van der Waals surface area contributed by atoms with Gasteiger partial charge < -0.3 is 0 Å². The maximum absolute atomic E-state index is 12.5. The molecule has 6 heteroatoms. The lowest BCUT2D eigenvalue weighted by molar-refractivity contribution is -0.120. The van der Waals surface area contributed by atoms with E-state index in [1.54, 1.807) is 48.5 Å². The van der Waals surface area contributed by atoms with Crippen LogP contribution in [0.1, 0.15) is 15.9 Å². The minimum atomic E-state index is -0.422. The van der Waals surface area contributed by atoms with E-state index in [-0.39, 0.29) is 4.32 Å². The molecule has 1 heterocycles. The number of rotatable bonds is 2. The van der Waals surface area contributed by atoms with Gasteiger partial charge in [0.15, 0.2) is 4.32 Å². The zero-order valence-corrected chi connectivity index (χ0v) is 14.1. The van der Waals surface area contributed by atoms with Crippen molar-refractivity contribution in [1.82, 2.24) is 4.90 Å². The third-order valence-electron chi connectivity index (χ3n) is 3.21. The molecule has 3 nitrogen and oxygen atoms in total. The van der Waals surface area contributed by atoms with E-state index in [4.69, 9.17) is 23.8 Å². The lowest BCUT2D eigenvalue weighted by atomic mass is 10.2. The number of imide groups is 1. The minimum Gasteiger partial charge on any atom is -0.268 e. The third kappa shape index (κ3) is 3.22. The van der Waals surface area contributed by atoms with Gasteiger partial charge in [-0.15, -0.1) is 0 Å². The molecule has 0 saturated carbocycles. The molecule has 114 valence electrons. The molecule has 0 bridgehead atoms. The van der Waals surface area contributed by atoms with E-state index < -0.39 is 11.8 Å². The van der Waals surface area contributed by atoms with Gasteiger partial charge in [0.25, 0.3) is 11.8 Å². The number of halogens is 1. The van der Waals surface area contributed by atoms with Gasteiger partial charge in [0.05, 0.1) is 4.91 Å². The molecule has 0 atom stereocenters. The number of nitrogens with zero attached hydrogens (tertiary/aromatic N) is 1. The van der Waals surface area contributed by atoms with Crippen LogP contribution in [0.3, 0.4) is 0 Å². The van der Waals surface area contributed by atoms with Crippen molar-refractivity contribution in [2.24, 2.45) is 0 Å². The summed E-state index contributed by atoms with van der Waals surface area (Å²) in [4.78, 5) is 26.4. The van der Waals surface area contributed by atoms with Crippen LogP contribution in [0.2, 0.25) is 5.02 Å². The van der Waals surface area contributed by atoms with E-state index in [9.17, 15) is 9.59 Å². The summed E-state index contributed by atoms with van der Waals surface area (Å²) in [6.45, 7) is 0. The topological polar surface area (TPSA) is 37.4 Å². The molecule has 1 aliphatic heterocycles. The van der Waals surface area contributed by atoms with Crippen molar-refractivity contribution in [3.8, 4) is 0 Å². The van der Waals surface area contributed by atoms with E-state index in [0.717, 1.165) is 16.7 Å². The van der Waals surface area contributed by atoms with Crippen molar-refractivity contribution in [3.63, 3.8) is 0 Å². The molecule has 0 unspecified atom stereocenters. The summed E-state index contributed by atoms with van der Waals surface area (Å²) in [6.07, 6.45) is 1.65. The van der Waals surface area contributed by atoms with Crippen LogP contribution in [0.4, 0.5) is 0 Å². The van der Waals surface area contributed by atoms with Crippen molar-refractivity contribution in [3.05, 3.63) is 75.7 Å². The number of carbonyl (C=O) groups is 2. The number of hydrogen-bond acceptors (Lipinski definition) is 4. The van der Waals surface area contributed by atoms with Crippen molar-refractivity contribution in [2.75, 3.05) is 0 Å². The largest absolute Gasteiger partial charge is 0.273 e. The minimum absolute atomic E-state index is 0.224. The van der Waals surface area contributed by atoms with Crippen molar-refractivity contribution in [2.45, 2.75) is 0 Å². The molecule has 23 heavy (non-hydrogen) atoms. The van der Waals surface area contributed by atoms with E-state index in [1.165, 1.54) is 0 Å². The monoisotopic (exact) mass is 359 g/mol. The van der Waals surface area contributed by atoms with Gasteiger partial charge in [0.2, 0.25) is 0 Å². The van der Waals surface area contributed by atoms with Gasteiger partial charge in [-0.1, -0.05) is 72.0 Å². The zero-order chi connectivity index (χ0) is 16.4.